The van der Waals surface area contributed by atoms with E-state index in [9.17, 15) is 23.9 Å². The summed E-state index contributed by atoms with van der Waals surface area (Å²) in [4.78, 5) is 44.0. The van der Waals surface area contributed by atoms with Crippen LogP contribution in [0.4, 0.5) is 0 Å². The Balaban J connectivity index is -0.00000648. The van der Waals surface area contributed by atoms with Gasteiger partial charge in [0.2, 0.25) is 0 Å². The number of unbranched alkanes of at least 4 members (excludes halogenated alkanes) is 16. The molecular formula is C27H51Na2O8PS. The monoisotopic (exact) mass is 612 g/mol. The first kappa shape index (κ1) is 44.8. The summed E-state index contributed by atoms with van der Waals surface area (Å²) in [6.45, 7) is 2.79. The van der Waals surface area contributed by atoms with Crippen LogP contribution in [-0.4, -0.2) is 43.3 Å². The van der Waals surface area contributed by atoms with Crippen molar-refractivity contribution < 1.29 is 97.1 Å². The Labute approximate surface area is 286 Å². The number of carbonyl (C=O) groups is 2. The summed E-state index contributed by atoms with van der Waals surface area (Å²) in [5.41, 5.74) is 0. The molecule has 39 heavy (non-hydrogen) atoms. The van der Waals surface area contributed by atoms with E-state index in [1.165, 1.54) is 57.8 Å². The predicted molar refractivity (Wildman–Crippen MR) is 146 cm³/mol. The van der Waals surface area contributed by atoms with E-state index >= 15 is 0 Å². The first-order valence-corrected chi connectivity index (χ1v) is 17.0. The molecule has 0 aliphatic rings. The summed E-state index contributed by atoms with van der Waals surface area (Å²) in [7, 11) is -5.10. The Bertz CT molecular complexity index is 584. The third-order valence-corrected chi connectivity index (χ3v) is 7.77. The van der Waals surface area contributed by atoms with Gasteiger partial charge < -0.3 is 28.3 Å². The minimum Gasteiger partial charge on any atom is -0.790 e. The second kappa shape index (κ2) is 33.9. The first-order chi connectivity index (χ1) is 17.9. The Kier molecular flexibility index (Phi) is 39.0. The molecule has 0 saturated heterocycles. The zero-order chi connectivity index (χ0) is 27.5. The molecule has 0 radical (unpaired) electrons. The van der Waals surface area contributed by atoms with Gasteiger partial charge in [-0.25, -0.2) is 0 Å². The van der Waals surface area contributed by atoms with Crippen molar-refractivity contribution in [3.63, 3.8) is 0 Å². The van der Waals surface area contributed by atoms with Crippen LogP contribution in [0.15, 0.2) is 0 Å². The Morgan fingerprint density at radius 3 is 1.79 bits per heavy atom. The van der Waals surface area contributed by atoms with Gasteiger partial charge in [-0.1, -0.05) is 103 Å². The normalized spacial score (nSPS) is 11.8. The minimum absolute atomic E-state index is 0. The van der Waals surface area contributed by atoms with E-state index in [0.29, 0.717) is 25.3 Å². The SMILES string of the molecule is CCCCCCCCCCCCC(=O)O[C@H](COP(=O)([O-])[O-])CSCCCCCCCCCCOC=O.[Na+].[Na+]. The van der Waals surface area contributed by atoms with E-state index in [1.807, 2.05) is 0 Å². The molecule has 0 aromatic rings. The number of esters is 1. The summed E-state index contributed by atoms with van der Waals surface area (Å²) >= 11 is 1.58. The number of phosphoric acid groups is 1. The van der Waals surface area contributed by atoms with Gasteiger partial charge in [0.1, 0.15) is 6.10 Å². The molecule has 0 bridgehead atoms. The van der Waals surface area contributed by atoms with Crippen molar-refractivity contribution in [3.05, 3.63) is 0 Å². The maximum absolute atomic E-state index is 12.2. The molecule has 0 aromatic carbocycles. The fourth-order valence-electron chi connectivity index (χ4n) is 4.01. The van der Waals surface area contributed by atoms with Gasteiger partial charge in [0.05, 0.1) is 21.0 Å². The van der Waals surface area contributed by atoms with E-state index in [0.717, 1.165) is 63.5 Å². The van der Waals surface area contributed by atoms with E-state index in [1.54, 1.807) is 11.8 Å². The standard InChI is InChI=1S/C27H53O8PS.2Na/c1-2-3-4-5-6-7-8-11-14-17-20-27(29)35-26(23-34-36(30,31)32)24-37-22-19-16-13-10-9-12-15-18-21-33-25-28;;/h25-26H,2-24H2,1H3,(H2,30,31,32);;/q;2*+1/p-2/t26-;;/m1../s1. The van der Waals surface area contributed by atoms with Gasteiger partial charge in [-0.15, -0.1) is 0 Å². The topological polar surface area (TPSA) is 125 Å². The van der Waals surface area contributed by atoms with Crippen molar-refractivity contribution >= 4 is 32.0 Å². The van der Waals surface area contributed by atoms with Crippen LogP contribution in [0.5, 0.6) is 0 Å². The van der Waals surface area contributed by atoms with E-state index < -0.39 is 20.5 Å². The van der Waals surface area contributed by atoms with Crippen molar-refractivity contribution in [1.82, 2.24) is 0 Å². The summed E-state index contributed by atoms with van der Waals surface area (Å²) in [5, 5.41) is 0. The van der Waals surface area contributed by atoms with E-state index in [2.05, 4.69) is 16.2 Å². The molecule has 0 aromatic heterocycles. The Hall–Kier alpha value is 1.40. The molecule has 0 N–H and O–H groups in total. The molecule has 1 atom stereocenters. The zero-order valence-electron chi connectivity index (χ0n) is 25.0. The third kappa shape index (κ3) is 37.4. The van der Waals surface area contributed by atoms with Crippen molar-refractivity contribution in [3.8, 4) is 0 Å². The second-order valence-electron chi connectivity index (χ2n) is 9.66. The van der Waals surface area contributed by atoms with Crippen LogP contribution in [0, 0.1) is 0 Å². The molecule has 8 nitrogen and oxygen atoms in total. The maximum Gasteiger partial charge on any atom is 1.00 e. The number of thioether (sulfide) groups is 1. The van der Waals surface area contributed by atoms with Gasteiger partial charge in [0.15, 0.2) is 0 Å². The van der Waals surface area contributed by atoms with Gasteiger partial charge in [-0.3, -0.25) is 9.59 Å². The van der Waals surface area contributed by atoms with E-state index in [4.69, 9.17) is 4.74 Å². The van der Waals surface area contributed by atoms with Crippen molar-refractivity contribution in [2.75, 3.05) is 24.7 Å². The molecule has 12 heteroatoms. The average Bonchev–Trinajstić information content (AvgIpc) is 2.85. The quantitative estimate of drug-likeness (QED) is 0.0380. The van der Waals surface area contributed by atoms with Crippen molar-refractivity contribution in [2.24, 2.45) is 0 Å². The molecule has 220 valence electrons. The molecule has 0 rings (SSSR count). The number of rotatable bonds is 29. The van der Waals surface area contributed by atoms with E-state index in [-0.39, 0.29) is 65.1 Å². The van der Waals surface area contributed by atoms with Crippen LogP contribution < -0.4 is 68.9 Å². The molecule has 0 heterocycles. The zero-order valence-corrected chi connectivity index (χ0v) is 30.8. The minimum atomic E-state index is -5.10. The van der Waals surface area contributed by atoms with Crippen LogP contribution >= 0.6 is 19.6 Å². The largest absolute Gasteiger partial charge is 1.00 e. The number of phosphoric ester groups is 1. The predicted octanol–water partition coefficient (Wildman–Crippen LogP) is 0.0895. The number of hydrogen-bond acceptors (Lipinski definition) is 9. The van der Waals surface area contributed by atoms with Crippen LogP contribution in [0.25, 0.3) is 0 Å². The fraction of sp³-hybridized carbons (Fsp3) is 0.926. The number of carbonyl (C=O) groups excluding carboxylic acids is 2. The summed E-state index contributed by atoms with van der Waals surface area (Å²) in [6.07, 6.45) is 20.1. The molecule has 0 saturated carbocycles. The van der Waals surface area contributed by atoms with Gasteiger partial charge in [0, 0.05) is 12.2 Å². The summed E-state index contributed by atoms with van der Waals surface area (Å²) < 4.78 is 25.3. The molecule has 0 amide bonds. The van der Waals surface area contributed by atoms with Crippen LogP contribution in [0.2, 0.25) is 0 Å². The van der Waals surface area contributed by atoms with Crippen LogP contribution in [0.3, 0.4) is 0 Å². The van der Waals surface area contributed by atoms with Crippen LogP contribution in [-0.2, 0) is 28.2 Å². The van der Waals surface area contributed by atoms with Crippen LogP contribution in [0.1, 0.15) is 129 Å². The Morgan fingerprint density at radius 2 is 1.28 bits per heavy atom. The second-order valence-corrected chi connectivity index (χ2v) is 12.0. The van der Waals surface area contributed by atoms with Crippen molar-refractivity contribution in [1.29, 1.82) is 0 Å². The molecule has 0 fully saturated rings. The third-order valence-electron chi connectivity index (χ3n) is 6.12. The van der Waals surface area contributed by atoms with Gasteiger partial charge in [-0.05, 0) is 25.0 Å². The van der Waals surface area contributed by atoms with Crippen molar-refractivity contribution in [2.45, 2.75) is 135 Å². The summed E-state index contributed by atoms with van der Waals surface area (Å²) in [5.74, 6) is 0.923. The molecular weight excluding hydrogens is 561 g/mol. The maximum atomic E-state index is 12.2. The fourth-order valence-corrected chi connectivity index (χ4v) is 5.36. The number of ether oxygens (including phenoxy) is 2. The average molecular weight is 613 g/mol. The molecule has 0 aliphatic heterocycles. The molecule has 0 spiro atoms. The van der Waals surface area contributed by atoms with Gasteiger partial charge >= 0.3 is 65.1 Å². The first-order valence-electron chi connectivity index (χ1n) is 14.4. The van der Waals surface area contributed by atoms with Gasteiger partial charge in [0.25, 0.3) is 6.47 Å². The number of hydrogen-bond donors (Lipinski definition) is 0. The van der Waals surface area contributed by atoms with Gasteiger partial charge in [-0.2, -0.15) is 11.8 Å². The molecule has 0 aliphatic carbocycles. The Morgan fingerprint density at radius 1 is 0.795 bits per heavy atom. The smallest absolute Gasteiger partial charge is 0.790 e. The summed E-state index contributed by atoms with van der Waals surface area (Å²) in [6, 6.07) is 0. The molecule has 0 unspecified atom stereocenters.